The Hall–Kier alpha value is -3.08. The second kappa shape index (κ2) is 9.82. The largest absolute Gasteiger partial charge is 0.361 e. The molecule has 4 rings (SSSR count). The van der Waals surface area contributed by atoms with Crippen molar-refractivity contribution in [3.05, 3.63) is 71.2 Å². The third-order valence-corrected chi connectivity index (χ3v) is 6.45. The van der Waals surface area contributed by atoms with Crippen molar-refractivity contribution in [3.8, 4) is 11.3 Å². The van der Waals surface area contributed by atoms with Crippen LogP contribution in [-0.4, -0.2) is 63.2 Å². The number of ketones is 1. The summed E-state index contributed by atoms with van der Waals surface area (Å²) >= 11 is 2.20. The van der Waals surface area contributed by atoms with E-state index < -0.39 is 11.7 Å². The first-order valence-corrected chi connectivity index (χ1v) is 12.1. The van der Waals surface area contributed by atoms with E-state index in [-0.39, 0.29) is 17.5 Å². The second-order valence-electron chi connectivity index (χ2n) is 7.92. The fraction of sp³-hybridized carbons (Fsp3) is 0.292. The van der Waals surface area contributed by atoms with Gasteiger partial charge in [-0.15, -0.1) is 0 Å². The minimum atomic E-state index is -0.611. The van der Waals surface area contributed by atoms with Crippen molar-refractivity contribution in [2.45, 2.75) is 24.3 Å². The summed E-state index contributed by atoms with van der Waals surface area (Å²) in [4.78, 5) is 46.2. The molecule has 33 heavy (non-hydrogen) atoms. The summed E-state index contributed by atoms with van der Waals surface area (Å²) in [6.07, 6.45) is 1.42. The molecular weight excluding hydrogens is 535 g/mol. The van der Waals surface area contributed by atoms with Crippen LogP contribution in [0.5, 0.6) is 0 Å². The van der Waals surface area contributed by atoms with E-state index in [4.69, 9.17) is 4.52 Å². The Bertz CT molecular complexity index is 1180. The number of rotatable bonds is 5. The van der Waals surface area contributed by atoms with Crippen LogP contribution in [0.4, 0.5) is 0 Å². The summed E-state index contributed by atoms with van der Waals surface area (Å²) in [6.45, 7) is 4.70. The van der Waals surface area contributed by atoms with Crippen LogP contribution in [0.15, 0.2) is 53.2 Å². The molecule has 1 saturated heterocycles. The molecule has 2 amide bonds. The molecule has 0 aliphatic carbocycles. The Kier molecular flexibility index (Phi) is 6.87. The molecule has 1 aliphatic rings. The summed E-state index contributed by atoms with van der Waals surface area (Å²) in [5.41, 5.74) is 3.07. The monoisotopic (exact) mass is 558 g/mol. The maximum atomic E-state index is 12.9. The van der Waals surface area contributed by atoms with Crippen LogP contribution in [0.3, 0.4) is 0 Å². The Morgan fingerprint density at radius 1 is 1.09 bits per heavy atom. The number of hydrogen-bond acceptors (Lipinski definition) is 6. The van der Waals surface area contributed by atoms with Crippen LogP contribution in [-0.2, 0) is 9.22 Å². The number of Topliss-reactive ketones (excluding diaryl/α,β-unsaturated/α-hetero) is 1. The molecule has 0 saturated carbocycles. The van der Waals surface area contributed by atoms with Crippen molar-refractivity contribution in [2.75, 3.05) is 19.6 Å². The maximum absolute atomic E-state index is 12.9. The standard InChI is InChI=1S/C24H23IN4O4/c1-15-14-28(23(31)17-6-4-3-5-7-17)10-11-29(15)24(32)22(30)18-8-9-19(26-13-18)21-16(2)33-27-20(21)12-25/h3-9,13,15H,10-12,14H2,1-2H3/t15-/m1/s1. The van der Waals surface area contributed by atoms with E-state index in [9.17, 15) is 14.4 Å². The van der Waals surface area contributed by atoms with Crippen LogP contribution in [0.25, 0.3) is 11.3 Å². The minimum Gasteiger partial charge on any atom is -0.361 e. The first kappa shape index (κ1) is 23.1. The fourth-order valence-electron chi connectivity index (χ4n) is 3.97. The number of carbonyl (C=O) groups is 3. The highest BCUT2D eigenvalue weighted by atomic mass is 127. The van der Waals surface area contributed by atoms with Crippen molar-refractivity contribution in [1.29, 1.82) is 0 Å². The highest BCUT2D eigenvalue weighted by Crippen LogP contribution is 2.27. The van der Waals surface area contributed by atoms with Gasteiger partial charge in [0.25, 0.3) is 17.6 Å². The number of amides is 2. The number of nitrogens with zero attached hydrogens (tertiary/aromatic N) is 4. The zero-order valence-electron chi connectivity index (χ0n) is 18.3. The molecule has 0 radical (unpaired) electrons. The average Bonchev–Trinajstić information content (AvgIpc) is 3.23. The molecule has 1 fully saturated rings. The third kappa shape index (κ3) is 4.68. The van der Waals surface area contributed by atoms with E-state index in [2.05, 4.69) is 32.7 Å². The average molecular weight is 558 g/mol. The van der Waals surface area contributed by atoms with Crippen LogP contribution in [0.2, 0.25) is 0 Å². The van der Waals surface area contributed by atoms with E-state index >= 15 is 0 Å². The van der Waals surface area contributed by atoms with Crippen molar-refractivity contribution in [3.63, 3.8) is 0 Å². The Morgan fingerprint density at radius 2 is 1.85 bits per heavy atom. The molecule has 9 heteroatoms. The van der Waals surface area contributed by atoms with Crippen LogP contribution < -0.4 is 0 Å². The number of alkyl halides is 1. The first-order valence-electron chi connectivity index (χ1n) is 10.6. The van der Waals surface area contributed by atoms with Gasteiger partial charge in [0.15, 0.2) is 0 Å². The van der Waals surface area contributed by atoms with Crippen LogP contribution in [0, 0.1) is 6.92 Å². The summed E-state index contributed by atoms with van der Waals surface area (Å²) in [6, 6.07) is 12.1. The number of carbonyl (C=O) groups excluding carboxylic acids is 3. The number of piperazine rings is 1. The van der Waals surface area contributed by atoms with E-state index in [1.54, 1.807) is 29.2 Å². The number of aromatic nitrogens is 2. The second-order valence-corrected chi connectivity index (χ2v) is 8.68. The summed E-state index contributed by atoms with van der Waals surface area (Å²) in [7, 11) is 0. The number of benzene rings is 1. The van der Waals surface area contributed by atoms with Gasteiger partial charge in [0.1, 0.15) is 11.5 Å². The van der Waals surface area contributed by atoms with Gasteiger partial charge in [0.2, 0.25) is 0 Å². The molecule has 8 nitrogen and oxygen atoms in total. The molecule has 170 valence electrons. The Balaban J connectivity index is 1.44. The van der Waals surface area contributed by atoms with Gasteiger partial charge < -0.3 is 14.3 Å². The normalized spacial score (nSPS) is 16.0. The van der Waals surface area contributed by atoms with Gasteiger partial charge in [-0.05, 0) is 38.1 Å². The number of pyridine rings is 1. The molecule has 1 atom stereocenters. The Morgan fingerprint density at radius 3 is 2.48 bits per heavy atom. The lowest BCUT2D eigenvalue weighted by atomic mass is 10.1. The van der Waals surface area contributed by atoms with Gasteiger partial charge in [-0.3, -0.25) is 19.4 Å². The molecular formula is C24H23IN4O4. The van der Waals surface area contributed by atoms with Crippen molar-refractivity contribution >= 4 is 40.2 Å². The van der Waals surface area contributed by atoms with Crippen molar-refractivity contribution in [2.24, 2.45) is 0 Å². The van der Waals surface area contributed by atoms with Crippen molar-refractivity contribution in [1.82, 2.24) is 19.9 Å². The number of halogens is 1. The molecule has 2 aromatic heterocycles. The van der Waals surface area contributed by atoms with E-state index in [1.165, 1.54) is 11.1 Å². The quantitative estimate of drug-likeness (QED) is 0.206. The predicted molar refractivity (Wildman–Crippen MR) is 130 cm³/mol. The van der Waals surface area contributed by atoms with Gasteiger partial charge in [0.05, 0.1) is 11.3 Å². The van der Waals surface area contributed by atoms with Gasteiger partial charge in [-0.2, -0.15) is 0 Å². The SMILES string of the molecule is Cc1onc(CI)c1-c1ccc(C(=O)C(=O)N2CCN(C(=O)c3ccccc3)C[C@H]2C)cn1. The predicted octanol–water partition coefficient (Wildman–Crippen LogP) is 3.54. The van der Waals surface area contributed by atoms with Gasteiger partial charge in [-0.25, -0.2) is 0 Å². The topological polar surface area (TPSA) is 96.6 Å². The molecule has 3 aromatic rings. The number of hydrogen-bond donors (Lipinski definition) is 0. The smallest absolute Gasteiger partial charge is 0.295 e. The minimum absolute atomic E-state index is 0.0735. The van der Waals surface area contributed by atoms with Crippen LogP contribution in [0.1, 0.15) is 39.1 Å². The summed E-state index contributed by atoms with van der Waals surface area (Å²) < 4.78 is 5.92. The highest BCUT2D eigenvalue weighted by Gasteiger charge is 2.33. The van der Waals surface area contributed by atoms with E-state index in [1.807, 2.05) is 32.0 Å². The lowest BCUT2D eigenvalue weighted by Crippen LogP contribution is -2.56. The fourth-order valence-corrected chi connectivity index (χ4v) is 4.50. The Labute approximate surface area is 205 Å². The third-order valence-electron chi connectivity index (χ3n) is 5.73. The molecule has 0 N–H and O–H groups in total. The van der Waals surface area contributed by atoms with Gasteiger partial charge in [-0.1, -0.05) is 45.9 Å². The lowest BCUT2D eigenvalue weighted by molar-refractivity contribution is -0.130. The van der Waals surface area contributed by atoms with Crippen LogP contribution >= 0.6 is 22.6 Å². The molecule has 1 aromatic carbocycles. The summed E-state index contributed by atoms with van der Waals surface area (Å²) in [5.74, 6) is -0.616. The maximum Gasteiger partial charge on any atom is 0.295 e. The molecule has 0 spiro atoms. The van der Waals surface area contributed by atoms with E-state index in [0.29, 0.717) is 41.1 Å². The highest BCUT2D eigenvalue weighted by molar-refractivity contribution is 14.1. The molecule has 0 unspecified atom stereocenters. The molecule has 3 heterocycles. The molecule has 1 aliphatic heterocycles. The van der Waals surface area contributed by atoms with Crippen molar-refractivity contribution < 1.29 is 18.9 Å². The van der Waals surface area contributed by atoms with Gasteiger partial charge in [0, 0.05) is 47.4 Å². The van der Waals surface area contributed by atoms with Gasteiger partial charge >= 0.3 is 0 Å². The number of aryl methyl sites for hydroxylation is 1. The zero-order valence-corrected chi connectivity index (χ0v) is 20.5. The molecule has 0 bridgehead atoms. The first-order chi connectivity index (χ1) is 15.9. The lowest BCUT2D eigenvalue weighted by Gasteiger charge is -2.39. The summed E-state index contributed by atoms with van der Waals surface area (Å²) in [5, 5.41) is 4.03. The zero-order chi connectivity index (χ0) is 23.5. The van der Waals surface area contributed by atoms with E-state index in [0.717, 1.165) is 11.3 Å².